The van der Waals surface area contributed by atoms with Crippen LogP contribution in [0.25, 0.3) is 0 Å². The molecule has 148 valence electrons. The summed E-state index contributed by atoms with van der Waals surface area (Å²) in [6, 6.07) is 7.22. The lowest BCUT2D eigenvalue weighted by Gasteiger charge is -2.32. The number of carbonyl (C=O) groups excluding carboxylic acids is 2. The maximum absolute atomic E-state index is 12.5. The van der Waals surface area contributed by atoms with E-state index in [4.69, 9.17) is 9.47 Å². The highest BCUT2D eigenvalue weighted by molar-refractivity contribution is 7.13. The normalized spacial score (nSPS) is 19.8. The number of benzene rings is 1. The van der Waals surface area contributed by atoms with Gasteiger partial charge in [-0.2, -0.15) is 0 Å². The van der Waals surface area contributed by atoms with Crippen molar-refractivity contribution in [1.82, 2.24) is 9.88 Å². The molecule has 0 saturated carbocycles. The Bertz CT molecular complexity index is 865. The molecule has 2 amide bonds. The van der Waals surface area contributed by atoms with Crippen molar-refractivity contribution in [3.63, 3.8) is 0 Å². The van der Waals surface area contributed by atoms with Gasteiger partial charge in [0.25, 0.3) is 5.91 Å². The largest absolute Gasteiger partial charge is 0.479 e. The molecule has 1 fully saturated rings. The van der Waals surface area contributed by atoms with Gasteiger partial charge < -0.3 is 14.8 Å². The highest BCUT2D eigenvalue weighted by atomic mass is 32.1. The molecule has 0 radical (unpaired) electrons. The summed E-state index contributed by atoms with van der Waals surface area (Å²) >= 11 is 1.39. The summed E-state index contributed by atoms with van der Waals surface area (Å²) in [6.07, 6.45) is -0.623. The summed E-state index contributed by atoms with van der Waals surface area (Å²) in [7, 11) is 0. The van der Waals surface area contributed by atoms with E-state index in [0.29, 0.717) is 16.6 Å². The predicted octanol–water partition coefficient (Wildman–Crippen LogP) is 1.73. The highest BCUT2D eigenvalue weighted by Gasteiger charge is 2.32. The number of rotatable bonds is 5. The van der Waals surface area contributed by atoms with Crippen LogP contribution in [0.1, 0.15) is 12.6 Å². The van der Waals surface area contributed by atoms with Crippen molar-refractivity contribution in [2.45, 2.75) is 19.6 Å². The van der Waals surface area contributed by atoms with Crippen LogP contribution in [0.3, 0.4) is 0 Å². The van der Waals surface area contributed by atoms with Gasteiger partial charge in [0.2, 0.25) is 5.91 Å². The van der Waals surface area contributed by atoms with Crippen LogP contribution in [0.5, 0.6) is 5.75 Å². The minimum absolute atomic E-state index is 0.0814. The summed E-state index contributed by atoms with van der Waals surface area (Å²) in [4.78, 5) is 33.3. The Hall–Kier alpha value is -2.49. The number of hydrogen-bond acceptors (Lipinski definition) is 7. The Kier molecular flexibility index (Phi) is 5.56. The van der Waals surface area contributed by atoms with Gasteiger partial charge in [-0.25, -0.2) is 4.98 Å². The maximum atomic E-state index is 12.5. The van der Waals surface area contributed by atoms with E-state index in [0.717, 1.165) is 38.5 Å². The van der Waals surface area contributed by atoms with Crippen molar-refractivity contribution < 1.29 is 19.1 Å². The van der Waals surface area contributed by atoms with Gasteiger partial charge in [-0.05, 0) is 19.1 Å². The van der Waals surface area contributed by atoms with E-state index in [2.05, 4.69) is 15.2 Å². The number of thiazole rings is 1. The number of hydrogen-bond donors (Lipinski definition) is 1. The third kappa shape index (κ3) is 4.16. The van der Waals surface area contributed by atoms with Gasteiger partial charge in [0.15, 0.2) is 11.2 Å². The molecule has 2 aromatic rings. The molecule has 0 aliphatic carbocycles. The molecule has 28 heavy (non-hydrogen) atoms. The summed E-state index contributed by atoms with van der Waals surface area (Å²) in [5.41, 5.74) is 1.52. The van der Waals surface area contributed by atoms with Gasteiger partial charge in [0.1, 0.15) is 12.3 Å². The van der Waals surface area contributed by atoms with Crippen molar-refractivity contribution in [3.8, 4) is 5.75 Å². The number of carbonyl (C=O) groups is 2. The topological polar surface area (TPSA) is 84.0 Å². The van der Waals surface area contributed by atoms with Crippen molar-refractivity contribution in [2.24, 2.45) is 0 Å². The molecule has 2 aliphatic rings. The standard InChI is InChI=1S/C19H22N4O4S/c1-13-18(25)23(15-4-2-3-5-16(15)27-13)11-17(24)21-19-20-14(12-28-19)10-22-6-8-26-9-7-22/h2-5,12-13H,6-11H2,1H3,(H,20,21,24)/t13-/m0/s1. The van der Waals surface area contributed by atoms with Crippen molar-refractivity contribution in [2.75, 3.05) is 43.1 Å². The van der Waals surface area contributed by atoms with Crippen LogP contribution in [0.4, 0.5) is 10.8 Å². The summed E-state index contributed by atoms with van der Waals surface area (Å²) in [5, 5.41) is 5.29. The first-order valence-electron chi connectivity index (χ1n) is 9.21. The SMILES string of the molecule is C[C@@H]1Oc2ccccc2N(CC(=O)Nc2nc(CN3CCOCC3)cs2)C1=O. The molecule has 9 heteroatoms. The monoisotopic (exact) mass is 402 g/mol. The van der Waals surface area contributed by atoms with E-state index in [1.807, 2.05) is 17.5 Å². The lowest BCUT2D eigenvalue weighted by atomic mass is 10.2. The minimum atomic E-state index is -0.623. The fourth-order valence-electron chi connectivity index (χ4n) is 3.25. The van der Waals surface area contributed by atoms with Gasteiger partial charge in [0.05, 0.1) is 24.6 Å². The van der Waals surface area contributed by atoms with E-state index in [9.17, 15) is 9.59 Å². The summed E-state index contributed by atoms with van der Waals surface area (Å²) in [5.74, 6) is 0.0787. The first kappa shape index (κ1) is 18.9. The summed E-state index contributed by atoms with van der Waals surface area (Å²) < 4.78 is 11.0. The van der Waals surface area contributed by atoms with Crippen molar-refractivity contribution in [3.05, 3.63) is 35.3 Å². The molecule has 0 spiro atoms. The minimum Gasteiger partial charge on any atom is -0.479 e. The quantitative estimate of drug-likeness (QED) is 0.820. The van der Waals surface area contributed by atoms with Crippen molar-refractivity contribution in [1.29, 1.82) is 0 Å². The molecular weight excluding hydrogens is 380 g/mol. The zero-order valence-electron chi connectivity index (χ0n) is 15.6. The fraction of sp³-hybridized carbons (Fsp3) is 0.421. The van der Waals surface area contributed by atoms with E-state index in [-0.39, 0.29) is 18.4 Å². The number of amides is 2. The maximum Gasteiger partial charge on any atom is 0.268 e. The van der Waals surface area contributed by atoms with Gasteiger partial charge >= 0.3 is 0 Å². The van der Waals surface area contributed by atoms with Gasteiger partial charge in [-0.3, -0.25) is 19.4 Å². The molecular formula is C19H22N4O4S. The highest BCUT2D eigenvalue weighted by Crippen LogP contribution is 2.33. The van der Waals surface area contributed by atoms with Crippen LogP contribution in [0.15, 0.2) is 29.6 Å². The van der Waals surface area contributed by atoms with Crippen LogP contribution in [0.2, 0.25) is 0 Å². The average molecular weight is 402 g/mol. The van der Waals surface area contributed by atoms with Crippen LogP contribution in [-0.4, -0.2) is 60.7 Å². The molecule has 1 aromatic carbocycles. The zero-order chi connectivity index (χ0) is 19.5. The number of ether oxygens (including phenoxy) is 2. The third-order valence-corrected chi connectivity index (χ3v) is 5.47. The molecule has 1 saturated heterocycles. The number of fused-ring (bicyclic) bond motifs is 1. The van der Waals surface area contributed by atoms with Crippen LogP contribution >= 0.6 is 11.3 Å². The number of morpholine rings is 1. The molecule has 4 rings (SSSR count). The Morgan fingerprint density at radius 2 is 2.11 bits per heavy atom. The molecule has 0 unspecified atom stereocenters. The number of anilines is 2. The van der Waals surface area contributed by atoms with E-state index in [1.165, 1.54) is 16.2 Å². The number of aromatic nitrogens is 1. The van der Waals surface area contributed by atoms with Crippen LogP contribution in [0, 0.1) is 0 Å². The second-order valence-electron chi connectivity index (χ2n) is 6.73. The molecule has 3 heterocycles. The van der Waals surface area contributed by atoms with Crippen LogP contribution in [-0.2, 0) is 20.9 Å². The van der Waals surface area contributed by atoms with E-state index >= 15 is 0 Å². The molecule has 8 nitrogen and oxygen atoms in total. The third-order valence-electron chi connectivity index (χ3n) is 4.66. The van der Waals surface area contributed by atoms with E-state index in [1.54, 1.807) is 19.1 Å². The first-order valence-corrected chi connectivity index (χ1v) is 10.1. The number of nitrogens with one attached hydrogen (secondary N) is 1. The molecule has 2 aliphatic heterocycles. The second kappa shape index (κ2) is 8.26. The zero-order valence-corrected chi connectivity index (χ0v) is 16.4. The van der Waals surface area contributed by atoms with Crippen molar-refractivity contribution >= 4 is 34.0 Å². The predicted molar refractivity (Wildman–Crippen MR) is 106 cm³/mol. The smallest absolute Gasteiger partial charge is 0.268 e. The van der Waals surface area contributed by atoms with Gasteiger partial charge in [-0.15, -0.1) is 11.3 Å². The number of nitrogens with zero attached hydrogens (tertiary/aromatic N) is 3. The Morgan fingerprint density at radius 1 is 1.32 bits per heavy atom. The van der Waals surface area contributed by atoms with Crippen LogP contribution < -0.4 is 15.0 Å². The molecule has 1 atom stereocenters. The molecule has 0 bridgehead atoms. The Morgan fingerprint density at radius 3 is 2.93 bits per heavy atom. The fourth-order valence-corrected chi connectivity index (χ4v) is 3.97. The molecule has 1 N–H and O–H groups in total. The Labute approximate surface area is 167 Å². The first-order chi connectivity index (χ1) is 13.6. The van der Waals surface area contributed by atoms with Gasteiger partial charge in [0, 0.05) is 25.0 Å². The number of para-hydroxylation sites is 2. The summed E-state index contributed by atoms with van der Waals surface area (Å²) in [6.45, 7) is 5.58. The molecule has 1 aromatic heterocycles. The second-order valence-corrected chi connectivity index (χ2v) is 7.59. The lowest BCUT2D eigenvalue weighted by Crippen LogP contribution is -2.47. The van der Waals surface area contributed by atoms with E-state index < -0.39 is 6.10 Å². The average Bonchev–Trinajstić information content (AvgIpc) is 3.13. The van der Waals surface area contributed by atoms with Gasteiger partial charge in [-0.1, -0.05) is 12.1 Å². The Balaban J connectivity index is 1.39. The lowest BCUT2D eigenvalue weighted by molar-refractivity contribution is -0.127.